The average molecular weight is 391 g/mol. The standard InChI is InChI=1S/C18H25N5O3S/c1-3-23-16(14-9-10-26-12(14)2)21-22-18(23)27-11-15(24)20-17(25)19-13-7-5-4-6-8-13/h9-10,13H,3-8,11H2,1-2H3,(H2,19,20,24,25). The quantitative estimate of drug-likeness (QED) is 0.734. The Morgan fingerprint density at radius 3 is 2.74 bits per heavy atom. The van der Waals surface area contributed by atoms with Gasteiger partial charge in [-0.05, 0) is 32.8 Å². The highest BCUT2D eigenvalue weighted by atomic mass is 32.2. The number of hydrogen-bond donors (Lipinski definition) is 2. The van der Waals surface area contributed by atoms with Crippen molar-refractivity contribution in [2.45, 2.75) is 63.7 Å². The molecule has 0 bridgehead atoms. The van der Waals surface area contributed by atoms with Crippen molar-refractivity contribution in [1.82, 2.24) is 25.4 Å². The van der Waals surface area contributed by atoms with Crippen LogP contribution in [-0.2, 0) is 11.3 Å². The van der Waals surface area contributed by atoms with Crippen molar-refractivity contribution in [1.29, 1.82) is 0 Å². The lowest BCUT2D eigenvalue weighted by molar-refractivity contribution is -0.117. The van der Waals surface area contributed by atoms with E-state index in [9.17, 15) is 9.59 Å². The second kappa shape index (κ2) is 9.07. The van der Waals surface area contributed by atoms with Gasteiger partial charge in [-0.25, -0.2) is 4.79 Å². The van der Waals surface area contributed by atoms with Crippen molar-refractivity contribution in [3.63, 3.8) is 0 Å². The molecule has 0 saturated heterocycles. The van der Waals surface area contributed by atoms with Gasteiger partial charge in [0.1, 0.15) is 5.76 Å². The predicted octanol–water partition coefficient (Wildman–Crippen LogP) is 3.12. The lowest BCUT2D eigenvalue weighted by Crippen LogP contribution is -2.45. The van der Waals surface area contributed by atoms with Crippen molar-refractivity contribution in [2.75, 3.05) is 5.75 Å². The Labute approximate surface area is 162 Å². The number of nitrogens with one attached hydrogen (secondary N) is 2. The molecule has 146 valence electrons. The molecule has 2 N–H and O–H groups in total. The van der Waals surface area contributed by atoms with E-state index in [0.29, 0.717) is 17.5 Å². The highest BCUT2D eigenvalue weighted by Gasteiger charge is 2.19. The number of furan rings is 1. The second-order valence-electron chi connectivity index (χ2n) is 6.59. The number of imide groups is 1. The Balaban J connectivity index is 1.53. The van der Waals surface area contributed by atoms with E-state index in [0.717, 1.165) is 37.0 Å². The third kappa shape index (κ3) is 4.91. The number of rotatable bonds is 6. The van der Waals surface area contributed by atoms with Gasteiger partial charge in [-0.3, -0.25) is 10.1 Å². The van der Waals surface area contributed by atoms with Gasteiger partial charge in [-0.2, -0.15) is 0 Å². The van der Waals surface area contributed by atoms with Gasteiger partial charge in [0, 0.05) is 12.6 Å². The number of carbonyl (C=O) groups excluding carboxylic acids is 2. The topological polar surface area (TPSA) is 102 Å². The summed E-state index contributed by atoms with van der Waals surface area (Å²) in [6, 6.07) is 1.60. The molecule has 27 heavy (non-hydrogen) atoms. The fraction of sp³-hybridized carbons (Fsp3) is 0.556. The van der Waals surface area contributed by atoms with Crippen LogP contribution in [-0.4, -0.2) is 38.5 Å². The summed E-state index contributed by atoms with van der Waals surface area (Å²) in [5, 5.41) is 14.3. The van der Waals surface area contributed by atoms with Gasteiger partial charge >= 0.3 is 6.03 Å². The Bertz CT molecular complexity index is 795. The van der Waals surface area contributed by atoms with Crippen molar-refractivity contribution in [3.8, 4) is 11.4 Å². The molecular weight excluding hydrogens is 366 g/mol. The highest BCUT2D eigenvalue weighted by molar-refractivity contribution is 7.99. The van der Waals surface area contributed by atoms with Gasteiger partial charge in [0.05, 0.1) is 17.6 Å². The minimum absolute atomic E-state index is 0.0978. The van der Waals surface area contributed by atoms with Crippen LogP contribution in [0.15, 0.2) is 21.9 Å². The largest absolute Gasteiger partial charge is 0.469 e. The van der Waals surface area contributed by atoms with Gasteiger partial charge in [-0.1, -0.05) is 31.0 Å². The van der Waals surface area contributed by atoms with Crippen LogP contribution in [0.3, 0.4) is 0 Å². The summed E-state index contributed by atoms with van der Waals surface area (Å²) >= 11 is 1.26. The number of aromatic nitrogens is 3. The molecule has 0 aromatic carbocycles. The fourth-order valence-corrected chi connectivity index (χ4v) is 4.06. The fourth-order valence-electron chi connectivity index (χ4n) is 3.26. The van der Waals surface area contributed by atoms with E-state index in [-0.39, 0.29) is 17.7 Å². The Morgan fingerprint density at radius 2 is 2.07 bits per heavy atom. The summed E-state index contributed by atoms with van der Waals surface area (Å²) in [7, 11) is 0. The molecule has 0 unspecified atom stereocenters. The van der Waals surface area contributed by atoms with Crippen molar-refractivity contribution < 1.29 is 14.0 Å². The zero-order chi connectivity index (χ0) is 19.2. The Kier molecular flexibility index (Phi) is 6.54. The molecule has 0 aliphatic heterocycles. The summed E-state index contributed by atoms with van der Waals surface area (Å²) in [4.78, 5) is 24.0. The summed E-state index contributed by atoms with van der Waals surface area (Å²) in [5.41, 5.74) is 0.882. The number of hydrogen-bond acceptors (Lipinski definition) is 6. The molecule has 1 saturated carbocycles. The van der Waals surface area contributed by atoms with Crippen molar-refractivity contribution in [3.05, 3.63) is 18.1 Å². The van der Waals surface area contributed by atoms with Gasteiger partial charge in [-0.15, -0.1) is 10.2 Å². The maximum absolute atomic E-state index is 12.1. The summed E-state index contributed by atoms with van der Waals surface area (Å²) in [6.45, 7) is 4.53. The second-order valence-corrected chi connectivity index (χ2v) is 7.53. The van der Waals surface area contributed by atoms with Crippen LogP contribution in [0.2, 0.25) is 0 Å². The first-order chi connectivity index (χ1) is 13.1. The number of carbonyl (C=O) groups is 2. The van der Waals surface area contributed by atoms with Gasteiger partial charge in [0.2, 0.25) is 5.91 Å². The van der Waals surface area contributed by atoms with E-state index in [1.165, 1.54) is 18.2 Å². The van der Waals surface area contributed by atoms with Crippen LogP contribution in [0.4, 0.5) is 4.79 Å². The zero-order valence-electron chi connectivity index (χ0n) is 15.7. The molecule has 0 atom stereocenters. The van der Waals surface area contributed by atoms with E-state index in [1.54, 1.807) is 6.26 Å². The summed E-state index contributed by atoms with van der Waals surface area (Å²) < 4.78 is 7.26. The van der Waals surface area contributed by atoms with Crippen LogP contribution in [0.1, 0.15) is 44.8 Å². The van der Waals surface area contributed by atoms with Gasteiger partial charge in [0.25, 0.3) is 0 Å². The van der Waals surface area contributed by atoms with E-state index in [2.05, 4.69) is 20.8 Å². The van der Waals surface area contributed by atoms with Gasteiger partial charge in [0.15, 0.2) is 11.0 Å². The van der Waals surface area contributed by atoms with E-state index in [4.69, 9.17) is 4.42 Å². The van der Waals surface area contributed by atoms with E-state index < -0.39 is 6.03 Å². The van der Waals surface area contributed by atoms with E-state index >= 15 is 0 Å². The molecule has 0 radical (unpaired) electrons. The molecule has 2 aromatic heterocycles. The molecule has 3 rings (SSSR count). The minimum Gasteiger partial charge on any atom is -0.469 e. The maximum Gasteiger partial charge on any atom is 0.321 e. The molecule has 0 spiro atoms. The van der Waals surface area contributed by atoms with Gasteiger partial charge < -0.3 is 14.3 Å². The predicted molar refractivity (Wildman–Crippen MR) is 102 cm³/mol. The maximum atomic E-state index is 12.1. The first-order valence-corrected chi connectivity index (χ1v) is 10.3. The molecule has 1 aliphatic carbocycles. The third-order valence-corrected chi connectivity index (χ3v) is 5.63. The number of amides is 3. The first kappa shape index (κ1) is 19.5. The lowest BCUT2D eigenvalue weighted by atomic mass is 9.96. The van der Waals surface area contributed by atoms with Crippen LogP contribution >= 0.6 is 11.8 Å². The zero-order valence-corrected chi connectivity index (χ0v) is 16.5. The molecule has 3 amide bonds. The molecular formula is C18H25N5O3S. The number of nitrogens with zero attached hydrogens (tertiary/aromatic N) is 3. The van der Waals surface area contributed by atoms with Crippen LogP contribution < -0.4 is 10.6 Å². The average Bonchev–Trinajstić information content (AvgIpc) is 3.25. The smallest absolute Gasteiger partial charge is 0.321 e. The molecule has 1 fully saturated rings. The molecule has 9 heteroatoms. The third-order valence-electron chi connectivity index (χ3n) is 4.66. The summed E-state index contributed by atoms with van der Waals surface area (Å²) in [5.74, 6) is 1.23. The molecule has 2 aromatic rings. The van der Waals surface area contributed by atoms with Crippen LogP contribution in [0, 0.1) is 6.92 Å². The Hall–Kier alpha value is -2.29. The summed E-state index contributed by atoms with van der Waals surface area (Å²) in [6.07, 6.45) is 7.04. The highest BCUT2D eigenvalue weighted by Crippen LogP contribution is 2.26. The monoisotopic (exact) mass is 391 g/mol. The normalized spacial score (nSPS) is 14.9. The van der Waals surface area contributed by atoms with Crippen molar-refractivity contribution in [2.24, 2.45) is 0 Å². The Morgan fingerprint density at radius 1 is 1.30 bits per heavy atom. The van der Waals surface area contributed by atoms with Crippen LogP contribution in [0.25, 0.3) is 11.4 Å². The molecule has 2 heterocycles. The van der Waals surface area contributed by atoms with Crippen molar-refractivity contribution >= 4 is 23.7 Å². The minimum atomic E-state index is -0.417. The lowest BCUT2D eigenvalue weighted by Gasteiger charge is -2.22. The molecule has 1 aliphatic rings. The number of urea groups is 1. The number of thioether (sulfide) groups is 1. The van der Waals surface area contributed by atoms with E-state index in [1.807, 2.05) is 24.5 Å². The SMILES string of the molecule is CCn1c(SCC(=O)NC(=O)NC2CCCCC2)nnc1-c1ccoc1C. The molecule has 8 nitrogen and oxygen atoms in total. The number of aryl methyl sites for hydroxylation is 1. The first-order valence-electron chi connectivity index (χ1n) is 9.29. The van der Waals surface area contributed by atoms with Crippen LogP contribution in [0.5, 0.6) is 0 Å².